The molecule has 1 N–H and O–H groups in total. The molecule has 1 aromatic heterocycles. The second-order valence-electron chi connectivity index (χ2n) is 5.21. The Morgan fingerprint density at radius 3 is 2.84 bits per heavy atom. The van der Waals surface area contributed by atoms with Crippen LogP contribution in [-0.4, -0.2) is 40.8 Å². The summed E-state index contributed by atoms with van der Waals surface area (Å²) >= 11 is 0. The minimum absolute atomic E-state index is 0.0440. The van der Waals surface area contributed by atoms with Crippen LogP contribution >= 0.6 is 0 Å². The van der Waals surface area contributed by atoms with Gasteiger partial charge in [0.25, 0.3) is 0 Å². The van der Waals surface area contributed by atoms with Crippen LogP contribution in [0.4, 0.5) is 0 Å². The van der Waals surface area contributed by atoms with Crippen LogP contribution in [0.5, 0.6) is 0 Å². The van der Waals surface area contributed by atoms with Crippen molar-refractivity contribution in [2.45, 2.75) is 25.3 Å². The van der Waals surface area contributed by atoms with E-state index in [2.05, 4.69) is 10.3 Å². The lowest BCUT2D eigenvalue weighted by Crippen LogP contribution is -2.59. The van der Waals surface area contributed by atoms with E-state index in [1.165, 1.54) is 0 Å². The first-order valence-corrected chi connectivity index (χ1v) is 6.72. The molecule has 1 aliphatic heterocycles. The minimum atomic E-state index is -0.287. The van der Waals surface area contributed by atoms with Crippen LogP contribution in [-0.2, 0) is 16.0 Å². The van der Waals surface area contributed by atoms with Gasteiger partial charge in [0.15, 0.2) is 0 Å². The molecule has 2 heterocycles. The molecule has 1 atom stereocenters. The van der Waals surface area contributed by atoms with Crippen LogP contribution in [0.15, 0.2) is 24.4 Å². The summed E-state index contributed by atoms with van der Waals surface area (Å²) in [5.41, 5.74) is 0.948. The maximum absolute atomic E-state index is 12.3. The molecule has 1 unspecified atom stereocenters. The summed E-state index contributed by atoms with van der Waals surface area (Å²) < 4.78 is 0. The van der Waals surface area contributed by atoms with Gasteiger partial charge in [0.2, 0.25) is 11.8 Å². The average molecular weight is 259 g/mol. The maximum atomic E-state index is 12.3. The van der Waals surface area contributed by atoms with Crippen molar-refractivity contribution in [3.8, 4) is 0 Å². The lowest BCUT2D eigenvalue weighted by atomic mass is 10.1. The Morgan fingerprint density at radius 2 is 2.16 bits per heavy atom. The summed E-state index contributed by atoms with van der Waals surface area (Å²) in [6, 6.07) is 5.45. The number of carbonyl (C=O) groups excluding carboxylic acids is 2. The van der Waals surface area contributed by atoms with Crippen molar-refractivity contribution in [2.24, 2.45) is 5.92 Å². The van der Waals surface area contributed by atoms with Crippen LogP contribution in [0.25, 0.3) is 0 Å². The molecule has 0 aromatic carbocycles. The highest BCUT2D eigenvalue weighted by Gasteiger charge is 2.42. The number of nitrogens with zero attached hydrogens (tertiary/aromatic N) is 2. The number of amides is 2. The van der Waals surface area contributed by atoms with E-state index >= 15 is 0 Å². The zero-order chi connectivity index (χ0) is 13.2. The molecule has 1 saturated heterocycles. The molecule has 0 spiro atoms. The average Bonchev–Trinajstić information content (AvgIpc) is 3.25. The van der Waals surface area contributed by atoms with Crippen molar-refractivity contribution in [2.75, 3.05) is 13.1 Å². The Balaban J connectivity index is 1.62. The van der Waals surface area contributed by atoms with Gasteiger partial charge in [0, 0.05) is 24.9 Å². The molecule has 2 fully saturated rings. The molecule has 5 nitrogen and oxygen atoms in total. The number of hydrogen-bond donors (Lipinski definition) is 1. The second kappa shape index (κ2) is 4.99. The molecule has 2 amide bonds. The standard InChI is InChI=1S/C14H17N3O2/c18-12-9-17(8-6-11-3-1-2-7-15-11)14(19)13(16-12)10-4-5-10/h1-3,7,10,13H,4-6,8-9H2,(H,16,18). The van der Waals surface area contributed by atoms with Gasteiger partial charge in [-0.25, -0.2) is 0 Å². The molecule has 3 rings (SSSR count). The highest BCUT2D eigenvalue weighted by molar-refractivity contribution is 5.95. The van der Waals surface area contributed by atoms with Crippen molar-refractivity contribution in [1.82, 2.24) is 15.2 Å². The van der Waals surface area contributed by atoms with Gasteiger partial charge in [-0.3, -0.25) is 14.6 Å². The van der Waals surface area contributed by atoms with Crippen molar-refractivity contribution in [3.63, 3.8) is 0 Å². The van der Waals surface area contributed by atoms with Crippen LogP contribution in [0, 0.1) is 5.92 Å². The largest absolute Gasteiger partial charge is 0.342 e. The first-order chi connectivity index (χ1) is 9.24. The SMILES string of the molecule is O=C1CN(CCc2ccccn2)C(=O)C(C2CC2)N1. The third kappa shape index (κ3) is 2.75. The summed E-state index contributed by atoms with van der Waals surface area (Å²) in [7, 11) is 0. The first-order valence-electron chi connectivity index (χ1n) is 6.72. The molecule has 19 heavy (non-hydrogen) atoms. The highest BCUT2D eigenvalue weighted by Crippen LogP contribution is 2.34. The van der Waals surface area contributed by atoms with E-state index in [-0.39, 0.29) is 24.4 Å². The molecule has 1 aromatic rings. The fourth-order valence-corrected chi connectivity index (χ4v) is 2.46. The quantitative estimate of drug-likeness (QED) is 0.849. The molecule has 0 radical (unpaired) electrons. The lowest BCUT2D eigenvalue weighted by Gasteiger charge is -2.32. The van der Waals surface area contributed by atoms with Gasteiger partial charge in [-0.05, 0) is 30.9 Å². The van der Waals surface area contributed by atoms with Crippen molar-refractivity contribution in [1.29, 1.82) is 0 Å². The van der Waals surface area contributed by atoms with Crippen molar-refractivity contribution in [3.05, 3.63) is 30.1 Å². The van der Waals surface area contributed by atoms with Gasteiger partial charge >= 0.3 is 0 Å². The summed E-state index contributed by atoms with van der Waals surface area (Å²) in [6.07, 6.45) is 4.53. The monoisotopic (exact) mass is 259 g/mol. The fraction of sp³-hybridized carbons (Fsp3) is 0.500. The summed E-state index contributed by atoms with van der Waals surface area (Å²) in [6.45, 7) is 0.737. The van der Waals surface area contributed by atoms with Gasteiger partial charge in [0.1, 0.15) is 6.04 Å². The zero-order valence-corrected chi connectivity index (χ0v) is 10.7. The molecule has 100 valence electrons. The fourth-order valence-electron chi connectivity index (χ4n) is 2.46. The number of pyridine rings is 1. The number of aromatic nitrogens is 1. The van der Waals surface area contributed by atoms with Crippen LogP contribution in [0.1, 0.15) is 18.5 Å². The number of rotatable bonds is 4. The smallest absolute Gasteiger partial charge is 0.245 e. The van der Waals surface area contributed by atoms with Gasteiger partial charge in [0.05, 0.1) is 6.54 Å². The van der Waals surface area contributed by atoms with Crippen LogP contribution < -0.4 is 5.32 Å². The van der Waals surface area contributed by atoms with Crippen LogP contribution in [0.3, 0.4) is 0 Å². The third-order valence-electron chi connectivity index (χ3n) is 3.69. The Kier molecular flexibility index (Phi) is 3.19. The normalized spacial score (nSPS) is 23.4. The van der Waals surface area contributed by atoms with E-state index in [4.69, 9.17) is 0 Å². The summed E-state index contributed by atoms with van der Waals surface area (Å²) in [5, 5.41) is 2.81. The van der Waals surface area contributed by atoms with Gasteiger partial charge in [-0.15, -0.1) is 0 Å². The second-order valence-corrected chi connectivity index (χ2v) is 5.21. The summed E-state index contributed by atoms with van der Waals surface area (Å²) in [5.74, 6) is 0.379. The molecule has 5 heteroatoms. The van der Waals surface area contributed by atoms with E-state index in [0.717, 1.165) is 18.5 Å². The number of carbonyl (C=O) groups is 2. The molecular formula is C14H17N3O2. The van der Waals surface area contributed by atoms with Crippen LogP contribution in [0.2, 0.25) is 0 Å². The van der Waals surface area contributed by atoms with E-state index < -0.39 is 0 Å². The molecule has 1 saturated carbocycles. The van der Waals surface area contributed by atoms with Crippen molar-refractivity contribution < 1.29 is 9.59 Å². The Labute approximate surface area is 112 Å². The van der Waals surface area contributed by atoms with Gasteiger partial charge in [-0.1, -0.05) is 6.07 Å². The van der Waals surface area contributed by atoms with Gasteiger partial charge < -0.3 is 10.2 Å². The third-order valence-corrected chi connectivity index (χ3v) is 3.69. The Bertz CT molecular complexity index is 485. The van der Waals surface area contributed by atoms with Gasteiger partial charge in [-0.2, -0.15) is 0 Å². The predicted molar refractivity (Wildman–Crippen MR) is 69.2 cm³/mol. The van der Waals surface area contributed by atoms with E-state index in [9.17, 15) is 9.59 Å². The minimum Gasteiger partial charge on any atom is -0.342 e. The Morgan fingerprint density at radius 1 is 1.32 bits per heavy atom. The Hall–Kier alpha value is -1.91. The molecule has 2 aliphatic rings. The van der Waals surface area contributed by atoms with E-state index in [1.807, 2.05) is 18.2 Å². The lowest BCUT2D eigenvalue weighted by molar-refractivity contribution is -0.144. The number of hydrogen-bond acceptors (Lipinski definition) is 3. The molecule has 0 bridgehead atoms. The molecular weight excluding hydrogens is 242 g/mol. The first kappa shape index (κ1) is 12.1. The number of nitrogens with one attached hydrogen (secondary N) is 1. The van der Waals surface area contributed by atoms with E-state index in [0.29, 0.717) is 18.9 Å². The summed E-state index contributed by atoms with van der Waals surface area (Å²) in [4.78, 5) is 29.8. The van der Waals surface area contributed by atoms with Crippen molar-refractivity contribution >= 4 is 11.8 Å². The van der Waals surface area contributed by atoms with E-state index in [1.54, 1.807) is 11.1 Å². The maximum Gasteiger partial charge on any atom is 0.245 e. The highest BCUT2D eigenvalue weighted by atomic mass is 16.2. The zero-order valence-electron chi connectivity index (χ0n) is 10.7. The molecule has 1 aliphatic carbocycles. The predicted octanol–water partition coefficient (Wildman–Crippen LogP) is 0.361. The topological polar surface area (TPSA) is 62.3 Å². The number of piperazine rings is 1.